The maximum absolute atomic E-state index is 13.1. The number of hydrogen-bond donors (Lipinski definition) is 1. The topological polar surface area (TPSA) is 42.0 Å². The lowest BCUT2D eigenvalue weighted by atomic mass is 10.1. The Morgan fingerprint density at radius 1 is 1.25 bits per heavy atom. The molecule has 0 bridgehead atoms. The quantitative estimate of drug-likeness (QED) is 0.564. The Morgan fingerprint density at radius 2 is 2.00 bits per heavy atom. The fourth-order valence-corrected chi connectivity index (χ4v) is 3.84. The Morgan fingerprint density at radius 3 is 2.71 bits per heavy atom. The summed E-state index contributed by atoms with van der Waals surface area (Å²) < 4.78 is 14.2. The molecule has 2 aromatic carbocycles. The molecule has 3 rings (SSSR count). The third-order valence-electron chi connectivity index (χ3n) is 3.35. The van der Waals surface area contributed by atoms with Gasteiger partial charge in [-0.05, 0) is 72.0 Å². The van der Waals surface area contributed by atoms with E-state index in [1.807, 2.05) is 31.2 Å². The van der Waals surface area contributed by atoms with Gasteiger partial charge in [-0.25, -0.2) is 9.37 Å². The molecule has 0 atom stereocenters. The Kier molecular flexibility index (Phi) is 5.25. The van der Waals surface area contributed by atoms with E-state index in [0.29, 0.717) is 0 Å². The third-order valence-corrected chi connectivity index (χ3v) is 4.99. The van der Waals surface area contributed by atoms with Gasteiger partial charge in [0, 0.05) is 19.7 Å². The summed E-state index contributed by atoms with van der Waals surface area (Å²) in [5, 5.41) is 3.78. The van der Waals surface area contributed by atoms with Gasteiger partial charge in [0.25, 0.3) is 0 Å². The highest BCUT2D eigenvalue weighted by Gasteiger charge is 2.15. The van der Waals surface area contributed by atoms with E-state index in [-0.39, 0.29) is 18.1 Å². The smallest absolute Gasteiger partial charge is 0.229 e. The second kappa shape index (κ2) is 7.40. The van der Waals surface area contributed by atoms with Gasteiger partial charge < -0.3 is 5.32 Å². The normalized spacial score (nSPS) is 10.6. The maximum Gasteiger partial charge on any atom is 0.229 e. The standard InChI is InChI=1S/C18H14FIN2OS/c1-11-21-18(12-5-7-13(19)8-6-12)16(24-11)10-17(23)22-15-4-2-3-14(20)9-15/h2-9H,10H2,1H3,(H,22,23). The van der Waals surface area contributed by atoms with Crippen LogP contribution >= 0.6 is 33.9 Å². The Bertz CT molecular complexity index is 877. The van der Waals surface area contributed by atoms with Crippen molar-refractivity contribution in [3.63, 3.8) is 0 Å². The largest absolute Gasteiger partial charge is 0.326 e. The number of hydrogen-bond acceptors (Lipinski definition) is 3. The van der Waals surface area contributed by atoms with E-state index in [9.17, 15) is 9.18 Å². The van der Waals surface area contributed by atoms with Crippen molar-refractivity contribution >= 4 is 45.5 Å². The van der Waals surface area contributed by atoms with Gasteiger partial charge in [-0.2, -0.15) is 0 Å². The van der Waals surface area contributed by atoms with Crippen LogP contribution in [0.2, 0.25) is 0 Å². The number of aryl methyl sites for hydroxylation is 1. The highest BCUT2D eigenvalue weighted by atomic mass is 127. The molecule has 1 N–H and O–H groups in total. The molecule has 1 aromatic heterocycles. The molecule has 1 heterocycles. The number of rotatable bonds is 4. The molecule has 0 aliphatic rings. The maximum atomic E-state index is 13.1. The van der Waals surface area contributed by atoms with Gasteiger partial charge >= 0.3 is 0 Å². The second-order valence-corrected chi connectivity index (χ2v) is 7.78. The number of benzene rings is 2. The molecule has 0 unspecified atom stereocenters. The molecule has 0 aliphatic carbocycles. The van der Waals surface area contributed by atoms with Crippen molar-refractivity contribution in [2.24, 2.45) is 0 Å². The van der Waals surface area contributed by atoms with Gasteiger partial charge in [0.05, 0.1) is 17.1 Å². The van der Waals surface area contributed by atoms with Gasteiger partial charge in [-0.15, -0.1) is 11.3 Å². The fraction of sp³-hybridized carbons (Fsp3) is 0.111. The summed E-state index contributed by atoms with van der Waals surface area (Å²) in [5.41, 5.74) is 2.34. The lowest BCUT2D eigenvalue weighted by Gasteiger charge is -2.06. The zero-order valence-electron chi connectivity index (χ0n) is 12.8. The minimum absolute atomic E-state index is 0.0935. The van der Waals surface area contributed by atoms with Crippen molar-refractivity contribution in [2.75, 3.05) is 5.32 Å². The van der Waals surface area contributed by atoms with Crippen LogP contribution in [0.5, 0.6) is 0 Å². The number of carbonyl (C=O) groups is 1. The number of carbonyl (C=O) groups excluding carboxylic acids is 1. The van der Waals surface area contributed by atoms with Crippen molar-refractivity contribution in [3.05, 3.63) is 67.8 Å². The van der Waals surface area contributed by atoms with E-state index >= 15 is 0 Å². The van der Waals surface area contributed by atoms with E-state index in [4.69, 9.17) is 0 Å². The first kappa shape index (κ1) is 17.0. The van der Waals surface area contributed by atoms with Crippen LogP contribution in [0.15, 0.2) is 48.5 Å². The summed E-state index contributed by atoms with van der Waals surface area (Å²) >= 11 is 3.69. The molecule has 0 saturated heterocycles. The van der Waals surface area contributed by atoms with Crippen LogP contribution in [0.25, 0.3) is 11.3 Å². The van der Waals surface area contributed by atoms with Crippen LogP contribution in [-0.2, 0) is 11.2 Å². The van der Waals surface area contributed by atoms with E-state index in [1.165, 1.54) is 23.5 Å². The van der Waals surface area contributed by atoms with Crippen LogP contribution < -0.4 is 5.32 Å². The number of halogens is 2. The minimum atomic E-state index is -0.288. The van der Waals surface area contributed by atoms with Crippen molar-refractivity contribution in [1.29, 1.82) is 0 Å². The first-order chi connectivity index (χ1) is 11.5. The molecular formula is C18H14FIN2OS. The molecule has 24 heavy (non-hydrogen) atoms. The monoisotopic (exact) mass is 452 g/mol. The number of nitrogens with zero attached hydrogens (tertiary/aromatic N) is 1. The van der Waals surface area contributed by atoms with Gasteiger partial charge in [0.2, 0.25) is 5.91 Å². The Hall–Kier alpha value is -1.80. The molecule has 1 amide bonds. The van der Waals surface area contributed by atoms with Gasteiger partial charge in [-0.3, -0.25) is 4.79 Å². The van der Waals surface area contributed by atoms with Gasteiger partial charge in [-0.1, -0.05) is 6.07 Å². The predicted octanol–water partition coefficient (Wildman–Crippen LogP) is 5.04. The SMILES string of the molecule is Cc1nc(-c2ccc(F)cc2)c(CC(=O)Nc2cccc(I)c2)s1. The van der Waals surface area contributed by atoms with Crippen molar-refractivity contribution in [2.45, 2.75) is 13.3 Å². The zero-order valence-corrected chi connectivity index (χ0v) is 15.8. The lowest BCUT2D eigenvalue weighted by Crippen LogP contribution is -2.14. The molecule has 0 radical (unpaired) electrons. The first-order valence-electron chi connectivity index (χ1n) is 7.29. The van der Waals surface area contributed by atoms with Crippen LogP contribution in [0.4, 0.5) is 10.1 Å². The average molecular weight is 452 g/mol. The van der Waals surface area contributed by atoms with Crippen molar-refractivity contribution < 1.29 is 9.18 Å². The van der Waals surface area contributed by atoms with Crippen molar-refractivity contribution in [1.82, 2.24) is 4.98 Å². The third kappa shape index (κ3) is 4.18. The predicted molar refractivity (Wildman–Crippen MR) is 104 cm³/mol. The number of anilines is 1. The summed E-state index contributed by atoms with van der Waals surface area (Å²) in [6.07, 6.45) is 0.240. The summed E-state index contributed by atoms with van der Waals surface area (Å²) in [7, 11) is 0. The van der Waals surface area contributed by atoms with E-state index in [1.54, 1.807) is 12.1 Å². The minimum Gasteiger partial charge on any atom is -0.326 e. The number of aromatic nitrogens is 1. The Labute approximate surface area is 157 Å². The average Bonchev–Trinajstić information content (AvgIpc) is 2.88. The van der Waals surface area contributed by atoms with Gasteiger partial charge in [0.1, 0.15) is 5.82 Å². The zero-order chi connectivity index (χ0) is 17.1. The number of thiazole rings is 1. The van der Waals surface area contributed by atoms with Crippen LogP contribution in [0.1, 0.15) is 9.88 Å². The number of amides is 1. The van der Waals surface area contributed by atoms with Gasteiger partial charge in [0.15, 0.2) is 0 Å². The van der Waals surface area contributed by atoms with Crippen molar-refractivity contribution in [3.8, 4) is 11.3 Å². The summed E-state index contributed by atoms with van der Waals surface area (Å²) in [5.74, 6) is -0.382. The fourth-order valence-electron chi connectivity index (χ4n) is 2.34. The molecule has 0 spiro atoms. The number of nitrogens with one attached hydrogen (secondary N) is 1. The molecule has 0 fully saturated rings. The first-order valence-corrected chi connectivity index (χ1v) is 9.18. The highest BCUT2D eigenvalue weighted by Crippen LogP contribution is 2.29. The molecule has 3 nitrogen and oxygen atoms in total. The molecule has 3 aromatic rings. The molecule has 122 valence electrons. The molecular weight excluding hydrogens is 438 g/mol. The van der Waals surface area contributed by atoms with Crippen LogP contribution in [0.3, 0.4) is 0 Å². The summed E-state index contributed by atoms with van der Waals surface area (Å²) in [4.78, 5) is 17.7. The molecule has 0 aliphatic heterocycles. The van der Waals surface area contributed by atoms with E-state index in [2.05, 4.69) is 32.9 Å². The molecule has 6 heteroatoms. The van der Waals surface area contributed by atoms with Crippen LogP contribution in [0, 0.1) is 16.3 Å². The lowest BCUT2D eigenvalue weighted by molar-refractivity contribution is -0.115. The van der Waals surface area contributed by atoms with E-state index in [0.717, 1.165) is 30.4 Å². The summed E-state index contributed by atoms with van der Waals surface area (Å²) in [6.45, 7) is 1.90. The highest BCUT2D eigenvalue weighted by molar-refractivity contribution is 14.1. The van der Waals surface area contributed by atoms with Crippen LogP contribution in [-0.4, -0.2) is 10.9 Å². The Balaban J connectivity index is 1.80. The summed E-state index contributed by atoms with van der Waals surface area (Å²) in [6, 6.07) is 13.8. The molecule has 0 saturated carbocycles. The second-order valence-electron chi connectivity index (χ2n) is 5.25. The van der Waals surface area contributed by atoms with E-state index < -0.39 is 0 Å².